The molecule has 8 nitrogen and oxygen atoms in total. The normalized spacial score (nSPS) is 10.4. The van der Waals surface area contributed by atoms with E-state index in [0.29, 0.717) is 16.4 Å². The van der Waals surface area contributed by atoms with Gasteiger partial charge in [-0.1, -0.05) is 29.5 Å². The number of hydrogen-bond acceptors (Lipinski definition) is 6. The Morgan fingerprint density at radius 1 is 0.967 bits per heavy atom. The van der Waals surface area contributed by atoms with Gasteiger partial charge in [-0.3, -0.25) is 14.4 Å². The van der Waals surface area contributed by atoms with E-state index in [0.717, 1.165) is 28.2 Å². The molecule has 1 aromatic heterocycles. The second-order valence-electron chi connectivity index (χ2n) is 6.67. The lowest BCUT2D eigenvalue weighted by molar-refractivity contribution is -0.114. The van der Waals surface area contributed by atoms with Crippen LogP contribution in [0.1, 0.15) is 38.9 Å². The zero-order valence-electron chi connectivity index (χ0n) is 16.7. The highest BCUT2D eigenvalue weighted by molar-refractivity contribution is 7.20. The van der Waals surface area contributed by atoms with Crippen LogP contribution in [0.2, 0.25) is 0 Å². The summed E-state index contributed by atoms with van der Waals surface area (Å²) in [5, 5.41) is 9.23. The van der Waals surface area contributed by atoms with Crippen molar-refractivity contribution in [3.05, 3.63) is 64.8 Å². The number of anilines is 4. The lowest BCUT2D eigenvalue weighted by Crippen LogP contribution is -2.17. The summed E-state index contributed by atoms with van der Waals surface area (Å²) in [6, 6.07) is 12.3. The van der Waals surface area contributed by atoms with E-state index in [9.17, 15) is 14.4 Å². The Balaban J connectivity index is 1.82. The fourth-order valence-corrected chi connectivity index (χ4v) is 3.70. The van der Waals surface area contributed by atoms with Crippen LogP contribution in [0.15, 0.2) is 42.5 Å². The van der Waals surface area contributed by atoms with Gasteiger partial charge >= 0.3 is 0 Å². The molecule has 0 aliphatic heterocycles. The van der Waals surface area contributed by atoms with Gasteiger partial charge in [-0.25, -0.2) is 4.98 Å². The van der Waals surface area contributed by atoms with Gasteiger partial charge in [0.05, 0.1) is 0 Å². The van der Waals surface area contributed by atoms with Crippen LogP contribution in [0.25, 0.3) is 0 Å². The van der Waals surface area contributed by atoms with E-state index in [1.807, 2.05) is 32.0 Å². The van der Waals surface area contributed by atoms with E-state index in [1.54, 1.807) is 24.3 Å². The smallest absolute Gasteiger partial charge is 0.270 e. The molecule has 0 spiro atoms. The third-order valence-electron chi connectivity index (χ3n) is 4.27. The molecule has 0 saturated heterocycles. The van der Waals surface area contributed by atoms with Crippen molar-refractivity contribution in [1.82, 2.24) is 4.98 Å². The first kappa shape index (κ1) is 21.0. The van der Waals surface area contributed by atoms with E-state index < -0.39 is 11.8 Å². The average Bonchev–Trinajstić information content (AvgIpc) is 3.07. The lowest BCUT2D eigenvalue weighted by Gasteiger charge is -2.09. The molecule has 30 heavy (non-hydrogen) atoms. The summed E-state index contributed by atoms with van der Waals surface area (Å²) >= 11 is 1.12. The van der Waals surface area contributed by atoms with Crippen LogP contribution >= 0.6 is 11.3 Å². The predicted octanol–water partition coefficient (Wildman–Crippen LogP) is 3.81. The SMILES string of the molecule is CC(=O)Nc1ccc(C(=O)Nc2sc(Nc3c(C)cccc3C)nc2C(N)=O)cc1. The van der Waals surface area contributed by atoms with Gasteiger partial charge < -0.3 is 21.7 Å². The number of para-hydroxylation sites is 1. The zero-order valence-corrected chi connectivity index (χ0v) is 17.5. The summed E-state index contributed by atoms with van der Waals surface area (Å²) in [4.78, 5) is 39.8. The molecule has 0 aliphatic rings. The van der Waals surface area contributed by atoms with Gasteiger partial charge in [0.25, 0.3) is 11.8 Å². The lowest BCUT2D eigenvalue weighted by atomic mass is 10.1. The number of amides is 3. The third kappa shape index (κ3) is 4.81. The largest absolute Gasteiger partial charge is 0.364 e. The van der Waals surface area contributed by atoms with Crippen LogP contribution in [-0.4, -0.2) is 22.7 Å². The molecule has 1 heterocycles. The number of primary amides is 1. The maximum atomic E-state index is 12.6. The number of nitrogens with zero attached hydrogens (tertiary/aromatic N) is 1. The number of rotatable bonds is 6. The molecule has 9 heteroatoms. The zero-order chi connectivity index (χ0) is 21.8. The topological polar surface area (TPSA) is 126 Å². The van der Waals surface area contributed by atoms with Crippen molar-refractivity contribution in [3.8, 4) is 0 Å². The highest BCUT2D eigenvalue weighted by Gasteiger charge is 2.19. The van der Waals surface area contributed by atoms with Gasteiger partial charge in [-0.15, -0.1) is 0 Å². The molecule has 3 rings (SSSR count). The third-order valence-corrected chi connectivity index (χ3v) is 5.15. The fraction of sp³-hybridized carbons (Fsp3) is 0.143. The molecule has 0 unspecified atom stereocenters. The molecule has 0 bridgehead atoms. The summed E-state index contributed by atoms with van der Waals surface area (Å²) in [5.41, 5.74) is 9.30. The number of aromatic nitrogens is 1. The number of thiazole rings is 1. The molecule has 0 atom stereocenters. The first-order valence-electron chi connectivity index (χ1n) is 9.07. The summed E-state index contributed by atoms with van der Waals surface area (Å²) in [6.07, 6.45) is 0. The highest BCUT2D eigenvalue weighted by Crippen LogP contribution is 2.33. The number of aryl methyl sites for hydroxylation is 2. The Labute approximate surface area is 177 Å². The Bertz CT molecular complexity index is 1100. The summed E-state index contributed by atoms with van der Waals surface area (Å²) in [7, 11) is 0. The maximum absolute atomic E-state index is 12.6. The summed E-state index contributed by atoms with van der Waals surface area (Å²) in [5.74, 6) is -1.36. The van der Waals surface area contributed by atoms with Crippen molar-refractivity contribution < 1.29 is 14.4 Å². The molecular weight excluding hydrogens is 402 g/mol. The summed E-state index contributed by atoms with van der Waals surface area (Å²) in [6.45, 7) is 5.33. The number of carbonyl (C=O) groups excluding carboxylic acids is 3. The Morgan fingerprint density at radius 3 is 2.17 bits per heavy atom. The Morgan fingerprint density at radius 2 is 1.60 bits per heavy atom. The monoisotopic (exact) mass is 423 g/mol. The van der Waals surface area contributed by atoms with Crippen molar-refractivity contribution in [1.29, 1.82) is 0 Å². The van der Waals surface area contributed by atoms with E-state index in [4.69, 9.17) is 5.73 Å². The Kier molecular flexibility index (Phi) is 6.12. The van der Waals surface area contributed by atoms with Gasteiger partial charge in [-0.05, 0) is 49.2 Å². The molecule has 3 amide bonds. The van der Waals surface area contributed by atoms with E-state index in [-0.39, 0.29) is 16.6 Å². The first-order chi connectivity index (χ1) is 14.2. The quantitative estimate of drug-likeness (QED) is 0.479. The minimum Gasteiger partial charge on any atom is -0.364 e. The van der Waals surface area contributed by atoms with E-state index in [2.05, 4.69) is 20.9 Å². The van der Waals surface area contributed by atoms with Gasteiger partial charge in [0, 0.05) is 23.9 Å². The standard InChI is InChI=1S/C21H21N5O3S/c1-11-5-4-6-12(2)16(11)24-21-25-17(18(22)28)20(30-21)26-19(29)14-7-9-15(10-8-14)23-13(3)27/h4-10H,1-3H3,(H2,22,28)(H,23,27)(H,24,25)(H,26,29). The molecule has 0 fully saturated rings. The molecule has 154 valence electrons. The minimum absolute atomic E-state index is 0.0167. The second-order valence-corrected chi connectivity index (χ2v) is 7.66. The number of nitrogens with two attached hydrogens (primary N) is 1. The van der Waals surface area contributed by atoms with Crippen molar-refractivity contribution >= 4 is 50.6 Å². The van der Waals surface area contributed by atoms with Crippen LogP contribution < -0.4 is 21.7 Å². The van der Waals surface area contributed by atoms with E-state index >= 15 is 0 Å². The fourth-order valence-electron chi connectivity index (χ4n) is 2.83. The number of benzene rings is 2. The number of nitrogens with one attached hydrogen (secondary N) is 3. The molecule has 2 aromatic carbocycles. The van der Waals surface area contributed by atoms with Crippen molar-refractivity contribution in [2.45, 2.75) is 20.8 Å². The molecule has 0 aliphatic carbocycles. The van der Waals surface area contributed by atoms with Crippen LogP contribution in [-0.2, 0) is 4.79 Å². The minimum atomic E-state index is -0.739. The van der Waals surface area contributed by atoms with Gasteiger partial charge in [0.15, 0.2) is 10.8 Å². The molecule has 0 radical (unpaired) electrons. The average molecular weight is 423 g/mol. The van der Waals surface area contributed by atoms with Crippen molar-refractivity contribution in [2.75, 3.05) is 16.0 Å². The first-order valence-corrected chi connectivity index (χ1v) is 9.89. The van der Waals surface area contributed by atoms with Crippen LogP contribution in [0.3, 0.4) is 0 Å². The summed E-state index contributed by atoms with van der Waals surface area (Å²) < 4.78 is 0. The van der Waals surface area contributed by atoms with Crippen molar-refractivity contribution in [3.63, 3.8) is 0 Å². The highest BCUT2D eigenvalue weighted by atomic mass is 32.1. The Hall–Kier alpha value is -3.72. The molecular formula is C21H21N5O3S. The number of carbonyl (C=O) groups is 3. The number of hydrogen-bond donors (Lipinski definition) is 4. The molecule has 0 saturated carbocycles. The maximum Gasteiger partial charge on any atom is 0.270 e. The van der Waals surface area contributed by atoms with E-state index in [1.165, 1.54) is 6.92 Å². The van der Waals surface area contributed by atoms with Crippen LogP contribution in [0.5, 0.6) is 0 Å². The van der Waals surface area contributed by atoms with Crippen molar-refractivity contribution in [2.24, 2.45) is 5.73 Å². The van der Waals surface area contributed by atoms with Gasteiger partial charge in [0.1, 0.15) is 5.00 Å². The van der Waals surface area contributed by atoms with Crippen LogP contribution in [0, 0.1) is 13.8 Å². The van der Waals surface area contributed by atoms with Gasteiger partial charge in [-0.2, -0.15) is 0 Å². The molecule has 5 N–H and O–H groups in total. The molecule has 3 aromatic rings. The van der Waals surface area contributed by atoms with Gasteiger partial charge in [0.2, 0.25) is 5.91 Å². The predicted molar refractivity (Wildman–Crippen MR) is 119 cm³/mol. The van der Waals surface area contributed by atoms with Crippen LogP contribution in [0.4, 0.5) is 21.5 Å². The second kappa shape index (κ2) is 8.75.